The molecule has 0 spiro atoms. The van der Waals surface area contributed by atoms with Crippen LogP contribution in [0.4, 0.5) is 11.4 Å². The van der Waals surface area contributed by atoms with Gasteiger partial charge in [-0.1, -0.05) is 29.9 Å². The number of allylic oxidation sites excluding steroid dienone is 5. The van der Waals surface area contributed by atoms with Crippen LogP contribution in [0, 0.1) is 0 Å². The minimum atomic E-state index is 0.742. The monoisotopic (exact) mass is 394 g/mol. The lowest BCUT2D eigenvalue weighted by Gasteiger charge is -2.29. The van der Waals surface area contributed by atoms with E-state index >= 15 is 0 Å². The summed E-state index contributed by atoms with van der Waals surface area (Å²) in [5.41, 5.74) is 12.8. The molecular weight excluding hydrogens is 360 g/mol. The van der Waals surface area contributed by atoms with Crippen LogP contribution in [0.3, 0.4) is 0 Å². The quantitative estimate of drug-likeness (QED) is 0.419. The molecule has 1 aromatic heterocycles. The highest BCUT2D eigenvalue weighted by Gasteiger charge is 2.16. The molecule has 0 bridgehead atoms. The van der Waals surface area contributed by atoms with Crippen molar-refractivity contribution < 1.29 is 9.15 Å². The maximum Gasteiger partial charge on any atom is 0.137 e. The lowest BCUT2D eigenvalue weighted by molar-refractivity contribution is 0.123. The van der Waals surface area contributed by atoms with Crippen molar-refractivity contribution in [3.8, 4) is 0 Å². The first-order chi connectivity index (χ1) is 13.9. The van der Waals surface area contributed by atoms with Gasteiger partial charge in [0.1, 0.15) is 11.3 Å². The summed E-state index contributed by atoms with van der Waals surface area (Å²) in [7, 11) is 0. The van der Waals surface area contributed by atoms with Crippen molar-refractivity contribution in [2.24, 2.45) is 0 Å². The zero-order valence-electron chi connectivity index (χ0n) is 18.1. The summed E-state index contributed by atoms with van der Waals surface area (Å²) in [6, 6.07) is 6.15. The maximum atomic E-state index is 6.30. The summed E-state index contributed by atoms with van der Waals surface area (Å²) < 4.78 is 11.5. The summed E-state index contributed by atoms with van der Waals surface area (Å²) in [4.78, 5) is 2.28. The van der Waals surface area contributed by atoms with E-state index in [1.165, 1.54) is 11.1 Å². The fraction of sp³-hybridized carbons (Fsp3) is 0.440. The standard InChI is InChI=1S/C25H34N2O2/c1-18(2)7-5-8-19(3)9-6-10-20(4)24-16-21-15-23(22(26)17-25(21)29-24)27-11-13-28-14-12-27/h7,9,15-17H,4-6,8,10-14,26H2,1-3H3. The molecule has 1 saturated heterocycles. The van der Waals surface area contributed by atoms with E-state index in [-0.39, 0.29) is 0 Å². The Morgan fingerprint density at radius 3 is 2.52 bits per heavy atom. The predicted octanol–water partition coefficient (Wildman–Crippen LogP) is 6.34. The molecule has 29 heavy (non-hydrogen) atoms. The molecule has 3 rings (SSSR count). The first-order valence-electron chi connectivity index (χ1n) is 10.6. The van der Waals surface area contributed by atoms with E-state index in [1.807, 2.05) is 6.07 Å². The fourth-order valence-corrected chi connectivity index (χ4v) is 3.65. The van der Waals surface area contributed by atoms with Crippen LogP contribution in [0.25, 0.3) is 16.5 Å². The zero-order chi connectivity index (χ0) is 20.8. The first kappa shape index (κ1) is 21.3. The van der Waals surface area contributed by atoms with Crippen LogP contribution in [0.1, 0.15) is 52.2 Å². The summed E-state index contributed by atoms with van der Waals surface area (Å²) in [6.45, 7) is 14.0. The molecule has 0 aliphatic carbocycles. The third-order valence-electron chi connectivity index (χ3n) is 5.40. The summed E-state index contributed by atoms with van der Waals surface area (Å²) in [5.74, 6) is 0.856. The minimum Gasteiger partial charge on any atom is -0.456 e. The number of ether oxygens (including phenoxy) is 1. The summed E-state index contributed by atoms with van der Waals surface area (Å²) >= 11 is 0. The Morgan fingerprint density at radius 2 is 1.79 bits per heavy atom. The van der Waals surface area contributed by atoms with Crippen molar-refractivity contribution in [3.05, 3.63) is 53.8 Å². The highest BCUT2D eigenvalue weighted by molar-refractivity contribution is 5.90. The number of anilines is 2. The van der Waals surface area contributed by atoms with Gasteiger partial charge >= 0.3 is 0 Å². The van der Waals surface area contributed by atoms with Gasteiger partial charge in [0, 0.05) is 24.5 Å². The molecule has 0 atom stereocenters. The van der Waals surface area contributed by atoms with Gasteiger partial charge in [0.25, 0.3) is 0 Å². The van der Waals surface area contributed by atoms with Crippen molar-refractivity contribution in [2.45, 2.75) is 46.5 Å². The van der Waals surface area contributed by atoms with E-state index in [9.17, 15) is 0 Å². The summed E-state index contributed by atoms with van der Waals surface area (Å²) in [5, 5.41) is 1.07. The Hall–Kier alpha value is -2.46. The van der Waals surface area contributed by atoms with Gasteiger partial charge in [-0.05, 0) is 64.2 Å². The molecule has 1 aliphatic heterocycles. The Balaban J connectivity index is 1.63. The van der Waals surface area contributed by atoms with Crippen LogP contribution in [0.2, 0.25) is 0 Å². The number of nitrogens with zero attached hydrogens (tertiary/aromatic N) is 1. The second-order valence-corrected chi connectivity index (χ2v) is 8.17. The molecule has 156 valence electrons. The van der Waals surface area contributed by atoms with Gasteiger partial charge in [-0.2, -0.15) is 0 Å². The highest BCUT2D eigenvalue weighted by Crippen LogP contribution is 2.34. The molecule has 4 heteroatoms. The van der Waals surface area contributed by atoms with Gasteiger partial charge < -0.3 is 19.8 Å². The Morgan fingerprint density at radius 1 is 1.07 bits per heavy atom. The van der Waals surface area contributed by atoms with Crippen molar-refractivity contribution in [2.75, 3.05) is 36.9 Å². The van der Waals surface area contributed by atoms with E-state index < -0.39 is 0 Å². The molecule has 0 saturated carbocycles. The third kappa shape index (κ3) is 5.77. The summed E-state index contributed by atoms with van der Waals surface area (Å²) in [6.07, 6.45) is 8.72. The van der Waals surface area contributed by atoms with Crippen LogP contribution in [0.5, 0.6) is 0 Å². The lowest BCUT2D eigenvalue weighted by atomic mass is 10.1. The molecule has 0 unspecified atom stereocenters. The van der Waals surface area contributed by atoms with Crippen LogP contribution >= 0.6 is 0 Å². The Kier molecular flexibility index (Phi) is 7.21. The highest BCUT2D eigenvalue weighted by atomic mass is 16.5. The lowest BCUT2D eigenvalue weighted by Crippen LogP contribution is -2.36. The van der Waals surface area contributed by atoms with Gasteiger partial charge in [-0.25, -0.2) is 0 Å². The van der Waals surface area contributed by atoms with E-state index in [2.05, 4.69) is 56.5 Å². The number of furan rings is 1. The molecule has 2 aromatic rings. The van der Waals surface area contributed by atoms with Crippen LogP contribution in [-0.4, -0.2) is 26.3 Å². The molecule has 2 heterocycles. The van der Waals surface area contributed by atoms with Crippen LogP contribution in [-0.2, 0) is 4.74 Å². The average Bonchev–Trinajstić information content (AvgIpc) is 3.10. The van der Waals surface area contributed by atoms with Crippen molar-refractivity contribution in [3.63, 3.8) is 0 Å². The molecule has 2 N–H and O–H groups in total. The van der Waals surface area contributed by atoms with Gasteiger partial charge in [-0.3, -0.25) is 0 Å². The molecule has 0 amide bonds. The van der Waals surface area contributed by atoms with Gasteiger partial charge in [-0.15, -0.1) is 0 Å². The van der Waals surface area contributed by atoms with Gasteiger partial charge in [0.05, 0.1) is 24.6 Å². The fourth-order valence-electron chi connectivity index (χ4n) is 3.65. The van der Waals surface area contributed by atoms with Crippen molar-refractivity contribution in [1.82, 2.24) is 0 Å². The van der Waals surface area contributed by atoms with Gasteiger partial charge in [0.15, 0.2) is 0 Å². The number of nitrogens with two attached hydrogens (primary N) is 1. The number of fused-ring (bicyclic) bond motifs is 1. The van der Waals surface area contributed by atoms with E-state index in [1.54, 1.807) is 0 Å². The Bertz CT molecular complexity index is 910. The second-order valence-electron chi connectivity index (χ2n) is 8.17. The predicted molar refractivity (Wildman–Crippen MR) is 124 cm³/mol. The Labute approximate surface area is 174 Å². The maximum absolute atomic E-state index is 6.30. The first-order valence-corrected chi connectivity index (χ1v) is 10.6. The van der Waals surface area contributed by atoms with E-state index in [4.69, 9.17) is 14.9 Å². The van der Waals surface area contributed by atoms with Crippen molar-refractivity contribution >= 4 is 27.9 Å². The molecular formula is C25H34N2O2. The normalized spacial score (nSPS) is 15.0. The molecule has 1 aliphatic rings. The molecule has 4 nitrogen and oxygen atoms in total. The number of hydrogen-bond acceptors (Lipinski definition) is 4. The van der Waals surface area contributed by atoms with Crippen LogP contribution < -0.4 is 10.6 Å². The molecule has 1 fully saturated rings. The van der Waals surface area contributed by atoms with E-state index in [0.29, 0.717) is 0 Å². The number of benzene rings is 1. The SMILES string of the molecule is C=C(CCC=C(C)CCC=C(C)C)c1cc2cc(N3CCOCC3)c(N)cc2o1. The van der Waals surface area contributed by atoms with Crippen LogP contribution in [0.15, 0.2) is 52.5 Å². The largest absolute Gasteiger partial charge is 0.456 e. The smallest absolute Gasteiger partial charge is 0.137 e. The number of rotatable bonds is 8. The number of morpholine rings is 1. The third-order valence-corrected chi connectivity index (χ3v) is 5.40. The topological polar surface area (TPSA) is 51.6 Å². The number of hydrogen-bond donors (Lipinski definition) is 1. The number of nitrogen functional groups attached to an aromatic ring is 1. The minimum absolute atomic E-state index is 0.742. The zero-order valence-corrected chi connectivity index (χ0v) is 18.1. The molecule has 0 radical (unpaired) electrons. The average molecular weight is 395 g/mol. The van der Waals surface area contributed by atoms with E-state index in [0.717, 1.165) is 85.7 Å². The van der Waals surface area contributed by atoms with Crippen molar-refractivity contribution in [1.29, 1.82) is 0 Å². The second kappa shape index (κ2) is 9.84. The van der Waals surface area contributed by atoms with Gasteiger partial charge in [0.2, 0.25) is 0 Å². The molecule has 1 aromatic carbocycles.